The number of nitrogens with zero attached hydrogens (tertiary/aromatic N) is 1. The number of rotatable bonds is 2. The van der Waals surface area contributed by atoms with Crippen molar-refractivity contribution in [3.8, 4) is 5.75 Å². The molecule has 1 unspecified atom stereocenters. The molecular weight excluding hydrogens is 319 g/mol. The van der Waals surface area contributed by atoms with Crippen LogP contribution in [0.2, 0.25) is 0 Å². The summed E-state index contributed by atoms with van der Waals surface area (Å²) in [6.07, 6.45) is 1.89. The molecule has 1 N–H and O–H groups in total. The molecule has 5 heteroatoms. The van der Waals surface area contributed by atoms with E-state index in [2.05, 4.69) is 5.32 Å². The summed E-state index contributed by atoms with van der Waals surface area (Å²) >= 11 is 0. The lowest BCUT2D eigenvalue weighted by molar-refractivity contribution is -0.130. The highest BCUT2D eigenvalue weighted by Crippen LogP contribution is 2.29. The van der Waals surface area contributed by atoms with Crippen molar-refractivity contribution >= 4 is 12.0 Å². The van der Waals surface area contributed by atoms with Gasteiger partial charge in [0.15, 0.2) is 0 Å². The van der Waals surface area contributed by atoms with E-state index < -0.39 is 0 Å². The number of hydrogen-bond donors (Lipinski definition) is 1. The third-order valence-corrected chi connectivity index (χ3v) is 4.64. The van der Waals surface area contributed by atoms with Crippen molar-refractivity contribution in [3.05, 3.63) is 71.0 Å². The van der Waals surface area contributed by atoms with E-state index in [0.717, 1.165) is 23.4 Å². The molecule has 2 aliphatic rings. The van der Waals surface area contributed by atoms with Crippen LogP contribution >= 0.6 is 0 Å². The number of piperazine rings is 1. The molecule has 0 spiro atoms. The smallest absolute Gasteiger partial charge is 0.253 e. The summed E-state index contributed by atoms with van der Waals surface area (Å²) in [5.41, 5.74) is 2.34. The highest BCUT2D eigenvalue weighted by molar-refractivity contribution is 5.99. The van der Waals surface area contributed by atoms with Gasteiger partial charge in [-0.1, -0.05) is 30.3 Å². The zero-order valence-corrected chi connectivity index (χ0v) is 13.7. The van der Waals surface area contributed by atoms with E-state index >= 15 is 0 Å². The quantitative estimate of drug-likeness (QED) is 0.915. The zero-order valence-electron chi connectivity index (χ0n) is 13.7. The highest BCUT2D eigenvalue weighted by Gasteiger charge is 2.31. The van der Waals surface area contributed by atoms with Gasteiger partial charge in [-0.25, -0.2) is 4.39 Å². The van der Waals surface area contributed by atoms with Crippen LogP contribution in [0.15, 0.2) is 54.1 Å². The first-order valence-electron chi connectivity index (χ1n) is 8.42. The predicted molar refractivity (Wildman–Crippen MR) is 93.6 cm³/mol. The number of hydrogen-bond acceptors (Lipinski definition) is 3. The first kappa shape index (κ1) is 15.8. The highest BCUT2D eigenvalue weighted by atomic mass is 19.1. The summed E-state index contributed by atoms with van der Waals surface area (Å²) in [6.45, 7) is 2.18. The standard InChI is InChI=1S/C20H19FN2O2/c21-17-6-3-5-14(11-17)18-12-22-8-9-23(18)20(24)16-10-15-4-1-2-7-19(15)25-13-16/h1-7,10-11,18,22H,8-9,12-13H2. The SMILES string of the molecule is O=C(C1=Cc2ccccc2OC1)N1CCNCC1c1cccc(F)c1. The Bertz CT molecular complexity index is 834. The summed E-state index contributed by atoms with van der Waals surface area (Å²) in [4.78, 5) is 14.9. The predicted octanol–water partition coefficient (Wildman–Crippen LogP) is 2.77. The maximum Gasteiger partial charge on any atom is 0.253 e. The van der Waals surface area contributed by atoms with Crippen LogP contribution in [0, 0.1) is 5.82 Å². The summed E-state index contributed by atoms with van der Waals surface area (Å²) in [5.74, 6) is 0.455. The summed E-state index contributed by atoms with van der Waals surface area (Å²) in [6, 6.07) is 13.9. The third kappa shape index (κ3) is 3.15. The lowest BCUT2D eigenvalue weighted by Gasteiger charge is -2.37. The number of fused-ring (bicyclic) bond motifs is 1. The molecule has 4 nitrogen and oxygen atoms in total. The van der Waals surface area contributed by atoms with Crippen molar-refractivity contribution in [2.75, 3.05) is 26.2 Å². The van der Waals surface area contributed by atoms with Gasteiger partial charge < -0.3 is 15.0 Å². The van der Waals surface area contributed by atoms with Gasteiger partial charge >= 0.3 is 0 Å². The van der Waals surface area contributed by atoms with Gasteiger partial charge in [-0.2, -0.15) is 0 Å². The van der Waals surface area contributed by atoms with Crippen LogP contribution in [-0.4, -0.2) is 37.0 Å². The summed E-state index contributed by atoms with van der Waals surface area (Å²) < 4.78 is 19.3. The Morgan fingerprint density at radius 1 is 1.20 bits per heavy atom. The Hall–Kier alpha value is -2.66. The third-order valence-electron chi connectivity index (χ3n) is 4.64. The maximum absolute atomic E-state index is 13.6. The number of halogens is 1. The van der Waals surface area contributed by atoms with Gasteiger partial charge in [-0.3, -0.25) is 4.79 Å². The number of benzene rings is 2. The number of nitrogens with one attached hydrogen (secondary N) is 1. The molecule has 0 radical (unpaired) electrons. The van der Waals surface area contributed by atoms with E-state index in [4.69, 9.17) is 4.74 Å². The second kappa shape index (κ2) is 6.69. The molecule has 1 atom stereocenters. The van der Waals surface area contributed by atoms with Crippen LogP contribution in [0.25, 0.3) is 6.08 Å². The Labute approximate surface area is 145 Å². The Balaban J connectivity index is 1.63. The van der Waals surface area contributed by atoms with E-state index in [1.54, 1.807) is 6.07 Å². The van der Waals surface area contributed by atoms with Crippen LogP contribution < -0.4 is 10.1 Å². The van der Waals surface area contributed by atoms with Crippen LogP contribution in [-0.2, 0) is 4.79 Å². The summed E-state index contributed by atoms with van der Waals surface area (Å²) in [5, 5.41) is 3.29. The fraction of sp³-hybridized carbons (Fsp3) is 0.250. The normalized spacial score (nSPS) is 19.6. The van der Waals surface area contributed by atoms with Gasteiger partial charge in [0.05, 0.1) is 11.6 Å². The van der Waals surface area contributed by atoms with Gasteiger partial charge in [0.1, 0.15) is 18.2 Å². The summed E-state index contributed by atoms with van der Waals surface area (Å²) in [7, 11) is 0. The van der Waals surface area contributed by atoms with Gasteiger partial charge in [0.2, 0.25) is 0 Å². The van der Waals surface area contributed by atoms with Crippen molar-refractivity contribution in [2.24, 2.45) is 0 Å². The van der Waals surface area contributed by atoms with Crippen molar-refractivity contribution in [2.45, 2.75) is 6.04 Å². The number of carbonyl (C=O) groups excluding carboxylic acids is 1. The van der Waals surface area contributed by atoms with Crippen molar-refractivity contribution in [1.29, 1.82) is 0 Å². The van der Waals surface area contributed by atoms with Gasteiger partial charge in [-0.05, 0) is 29.8 Å². The Kier molecular flexibility index (Phi) is 4.24. The lowest BCUT2D eigenvalue weighted by Crippen LogP contribution is -2.49. The molecule has 1 saturated heterocycles. The minimum absolute atomic E-state index is 0.0507. The molecule has 128 valence electrons. The number of para-hydroxylation sites is 1. The largest absolute Gasteiger partial charge is 0.488 e. The maximum atomic E-state index is 13.6. The van der Waals surface area contributed by atoms with Crippen LogP contribution in [0.3, 0.4) is 0 Å². The van der Waals surface area contributed by atoms with E-state index in [-0.39, 0.29) is 24.4 Å². The molecule has 2 aromatic carbocycles. The average molecular weight is 338 g/mol. The average Bonchev–Trinajstić information content (AvgIpc) is 2.67. The van der Waals surface area contributed by atoms with Gasteiger partial charge in [0.25, 0.3) is 5.91 Å². The molecule has 1 amide bonds. The van der Waals surface area contributed by atoms with Gasteiger partial charge in [-0.15, -0.1) is 0 Å². The molecule has 0 bridgehead atoms. The molecular formula is C20H19FN2O2. The van der Waals surface area contributed by atoms with E-state index in [1.165, 1.54) is 12.1 Å². The van der Waals surface area contributed by atoms with E-state index in [9.17, 15) is 9.18 Å². The Morgan fingerprint density at radius 3 is 2.96 bits per heavy atom. The van der Waals surface area contributed by atoms with E-state index in [0.29, 0.717) is 18.7 Å². The van der Waals surface area contributed by atoms with Crippen LogP contribution in [0.4, 0.5) is 4.39 Å². The molecule has 0 saturated carbocycles. The molecule has 0 aromatic heterocycles. The van der Waals surface area contributed by atoms with Crippen molar-refractivity contribution in [3.63, 3.8) is 0 Å². The van der Waals surface area contributed by atoms with Crippen LogP contribution in [0.1, 0.15) is 17.2 Å². The molecule has 25 heavy (non-hydrogen) atoms. The van der Waals surface area contributed by atoms with E-state index in [1.807, 2.05) is 41.3 Å². The monoisotopic (exact) mass is 338 g/mol. The van der Waals surface area contributed by atoms with Crippen molar-refractivity contribution in [1.82, 2.24) is 10.2 Å². The molecule has 4 rings (SSSR count). The number of carbonyl (C=O) groups is 1. The molecule has 2 aromatic rings. The molecule has 2 aliphatic heterocycles. The first-order valence-corrected chi connectivity index (χ1v) is 8.42. The second-order valence-electron chi connectivity index (χ2n) is 6.27. The minimum atomic E-state index is -0.287. The number of ether oxygens (including phenoxy) is 1. The molecule has 0 aliphatic carbocycles. The fourth-order valence-electron chi connectivity index (χ4n) is 3.38. The van der Waals surface area contributed by atoms with Crippen LogP contribution in [0.5, 0.6) is 5.75 Å². The Morgan fingerprint density at radius 2 is 2.08 bits per heavy atom. The minimum Gasteiger partial charge on any atom is -0.488 e. The first-order chi connectivity index (χ1) is 12.2. The lowest BCUT2D eigenvalue weighted by atomic mass is 10.0. The number of amides is 1. The van der Waals surface area contributed by atoms with Crippen molar-refractivity contribution < 1.29 is 13.9 Å². The second-order valence-corrected chi connectivity index (χ2v) is 6.27. The fourth-order valence-corrected chi connectivity index (χ4v) is 3.38. The molecule has 1 fully saturated rings. The topological polar surface area (TPSA) is 41.6 Å². The zero-order chi connectivity index (χ0) is 17.2. The van der Waals surface area contributed by atoms with Gasteiger partial charge in [0, 0.05) is 25.2 Å². The molecule has 2 heterocycles.